The summed E-state index contributed by atoms with van der Waals surface area (Å²) in [5.41, 5.74) is 4.05. The van der Waals surface area contributed by atoms with E-state index < -0.39 is 12.0 Å². The lowest BCUT2D eigenvalue weighted by Gasteiger charge is -2.16. The number of nitrogens with zero attached hydrogens (tertiary/aromatic N) is 2. The molecule has 0 bridgehead atoms. The van der Waals surface area contributed by atoms with Crippen LogP contribution < -0.4 is 5.32 Å². The SMILES string of the molecule is Cc1sc2ncnc(NC(Cc3c[nH]c4ccccc34)C(=O)O)c2c1-c1ccccc1. The van der Waals surface area contributed by atoms with Crippen molar-refractivity contribution in [2.75, 3.05) is 5.32 Å². The first-order chi connectivity index (χ1) is 15.1. The van der Waals surface area contributed by atoms with Crippen LogP contribution in [0.4, 0.5) is 5.82 Å². The Morgan fingerprint density at radius 2 is 1.90 bits per heavy atom. The number of fused-ring (bicyclic) bond motifs is 2. The molecule has 1 unspecified atom stereocenters. The van der Waals surface area contributed by atoms with Crippen LogP contribution in [-0.2, 0) is 11.2 Å². The average Bonchev–Trinajstić information content (AvgIpc) is 3.34. The number of aromatic nitrogens is 3. The molecular formula is C24H20N4O2S. The third kappa shape index (κ3) is 3.53. The Labute approximate surface area is 182 Å². The van der Waals surface area contributed by atoms with Crippen LogP contribution in [0.3, 0.4) is 0 Å². The monoisotopic (exact) mass is 428 g/mol. The number of thiophene rings is 1. The Hall–Kier alpha value is -3.71. The van der Waals surface area contributed by atoms with Gasteiger partial charge in [0.15, 0.2) is 0 Å². The van der Waals surface area contributed by atoms with Gasteiger partial charge >= 0.3 is 5.97 Å². The number of hydrogen-bond donors (Lipinski definition) is 3. The highest BCUT2D eigenvalue weighted by Crippen LogP contribution is 2.40. The van der Waals surface area contributed by atoms with Crippen molar-refractivity contribution in [2.45, 2.75) is 19.4 Å². The Morgan fingerprint density at radius 3 is 2.71 bits per heavy atom. The van der Waals surface area contributed by atoms with Crippen molar-refractivity contribution in [3.8, 4) is 11.1 Å². The molecule has 3 aromatic heterocycles. The van der Waals surface area contributed by atoms with Crippen molar-refractivity contribution in [2.24, 2.45) is 0 Å². The molecule has 7 heteroatoms. The van der Waals surface area contributed by atoms with Crippen LogP contribution in [0.2, 0.25) is 0 Å². The highest BCUT2D eigenvalue weighted by molar-refractivity contribution is 7.19. The lowest BCUT2D eigenvalue weighted by atomic mass is 10.0. The molecule has 1 atom stereocenters. The van der Waals surface area contributed by atoms with E-state index in [9.17, 15) is 9.90 Å². The van der Waals surface area contributed by atoms with Crippen LogP contribution in [0.5, 0.6) is 0 Å². The van der Waals surface area contributed by atoms with Crippen molar-refractivity contribution in [1.29, 1.82) is 0 Å². The zero-order valence-corrected chi connectivity index (χ0v) is 17.6. The third-order valence-electron chi connectivity index (χ3n) is 5.43. The second-order valence-electron chi connectivity index (χ2n) is 7.40. The Bertz CT molecular complexity index is 1390. The minimum Gasteiger partial charge on any atom is -0.480 e. The Kier molecular flexibility index (Phi) is 4.88. The molecule has 0 aliphatic carbocycles. The van der Waals surface area contributed by atoms with Gasteiger partial charge in [0.05, 0.1) is 5.39 Å². The smallest absolute Gasteiger partial charge is 0.326 e. The summed E-state index contributed by atoms with van der Waals surface area (Å²) in [5.74, 6) is -0.384. The number of aliphatic carboxylic acids is 1. The normalized spacial score (nSPS) is 12.3. The number of rotatable bonds is 6. The number of aromatic amines is 1. The number of hydrogen-bond acceptors (Lipinski definition) is 5. The molecule has 0 spiro atoms. The van der Waals surface area contributed by atoms with Gasteiger partial charge in [0.1, 0.15) is 23.0 Å². The second kappa shape index (κ2) is 7.85. The van der Waals surface area contributed by atoms with Gasteiger partial charge in [-0.05, 0) is 24.1 Å². The molecule has 3 N–H and O–H groups in total. The summed E-state index contributed by atoms with van der Waals surface area (Å²) in [6.45, 7) is 2.05. The summed E-state index contributed by atoms with van der Waals surface area (Å²) in [7, 11) is 0. The summed E-state index contributed by atoms with van der Waals surface area (Å²) in [6.07, 6.45) is 3.69. The Morgan fingerprint density at radius 1 is 1.13 bits per heavy atom. The maximum absolute atomic E-state index is 12.1. The molecule has 5 aromatic rings. The van der Waals surface area contributed by atoms with E-state index in [1.54, 1.807) is 11.3 Å². The zero-order valence-electron chi connectivity index (χ0n) is 16.8. The van der Waals surface area contributed by atoms with Crippen LogP contribution in [0.15, 0.2) is 67.1 Å². The molecular weight excluding hydrogens is 408 g/mol. The molecule has 0 saturated heterocycles. The predicted octanol–water partition coefficient (Wildman–Crippen LogP) is 5.26. The van der Waals surface area contributed by atoms with E-state index in [0.29, 0.717) is 12.2 Å². The molecule has 5 rings (SSSR count). The predicted molar refractivity (Wildman–Crippen MR) is 125 cm³/mol. The Balaban J connectivity index is 1.56. The van der Waals surface area contributed by atoms with E-state index in [1.165, 1.54) is 6.33 Å². The molecule has 0 aliphatic rings. The topological polar surface area (TPSA) is 90.9 Å². The zero-order chi connectivity index (χ0) is 21.4. The van der Waals surface area contributed by atoms with Crippen molar-refractivity contribution in [3.63, 3.8) is 0 Å². The first-order valence-electron chi connectivity index (χ1n) is 9.95. The number of carboxylic acid groups (broad SMARTS) is 1. The van der Waals surface area contributed by atoms with Gasteiger partial charge < -0.3 is 15.4 Å². The quantitative estimate of drug-likeness (QED) is 0.343. The first kappa shape index (κ1) is 19.3. The van der Waals surface area contributed by atoms with Gasteiger partial charge in [0.25, 0.3) is 0 Å². The number of carboxylic acids is 1. The van der Waals surface area contributed by atoms with E-state index in [-0.39, 0.29) is 0 Å². The van der Waals surface area contributed by atoms with Crippen molar-refractivity contribution < 1.29 is 9.90 Å². The summed E-state index contributed by atoms with van der Waals surface area (Å²) in [4.78, 5) is 26.2. The molecule has 0 fully saturated rings. The number of carbonyl (C=O) groups is 1. The van der Waals surface area contributed by atoms with E-state index in [2.05, 4.69) is 27.2 Å². The van der Waals surface area contributed by atoms with Crippen LogP contribution in [0, 0.1) is 6.92 Å². The molecule has 6 nitrogen and oxygen atoms in total. The van der Waals surface area contributed by atoms with Crippen LogP contribution in [0.1, 0.15) is 10.4 Å². The number of para-hydroxylation sites is 1. The second-order valence-corrected chi connectivity index (χ2v) is 8.60. The van der Waals surface area contributed by atoms with Gasteiger partial charge in [0, 0.05) is 34.0 Å². The average molecular weight is 429 g/mol. The van der Waals surface area contributed by atoms with Crippen LogP contribution >= 0.6 is 11.3 Å². The van der Waals surface area contributed by atoms with E-state index in [0.717, 1.165) is 42.7 Å². The highest BCUT2D eigenvalue weighted by Gasteiger charge is 2.23. The molecule has 31 heavy (non-hydrogen) atoms. The van der Waals surface area contributed by atoms with E-state index in [4.69, 9.17) is 0 Å². The lowest BCUT2D eigenvalue weighted by Crippen LogP contribution is -2.32. The van der Waals surface area contributed by atoms with Crippen LogP contribution in [-0.4, -0.2) is 32.1 Å². The largest absolute Gasteiger partial charge is 0.480 e. The molecule has 3 heterocycles. The number of benzene rings is 2. The molecule has 0 amide bonds. The van der Waals surface area contributed by atoms with Gasteiger partial charge in [-0.25, -0.2) is 14.8 Å². The summed E-state index contributed by atoms with van der Waals surface area (Å²) in [5, 5.41) is 15.0. The number of H-pyrrole nitrogens is 1. The lowest BCUT2D eigenvalue weighted by molar-refractivity contribution is -0.137. The molecule has 2 aromatic carbocycles. The maximum Gasteiger partial charge on any atom is 0.326 e. The van der Waals surface area contributed by atoms with Crippen molar-refractivity contribution >= 4 is 44.2 Å². The molecule has 0 saturated carbocycles. The van der Waals surface area contributed by atoms with Gasteiger partial charge in [-0.3, -0.25) is 0 Å². The number of nitrogens with one attached hydrogen (secondary N) is 2. The number of aryl methyl sites for hydroxylation is 1. The van der Waals surface area contributed by atoms with Crippen molar-refractivity contribution in [1.82, 2.24) is 15.0 Å². The fourth-order valence-electron chi connectivity index (χ4n) is 3.99. The summed E-state index contributed by atoms with van der Waals surface area (Å²) >= 11 is 1.59. The minimum absolute atomic E-state index is 0.328. The van der Waals surface area contributed by atoms with E-state index >= 15 is 0 Å². The molecule has 0 radical (unpaired) electrons. The van der Waals surface area contributed by atoms with Gasteiger partial charge in [0.2, 0.25) is 0 Å². The highest BCUT2D eigenvalue weighted by atomic mass is 32.1. The fourth-order valence-corrected chi connectivity index (χ4v) is 5.00. The van der Waals surface area contributed by atoms with E-state index in [1.807, 2.05) is 60.8 Å². The summed E-state index contributed by atoms with van der Waals surface area (Å²) < 4.78 is 0. The first-order valence-corrected chi connectivity index (χ1v) is 10.8. The molecule has 154 valence electrons. The third-order valence-corrected chi connectivity index (χ3v) is 6.45. The van der Waals surface area contributed by atoms with Gasteiger partial charge in [-0.2, -0.15) is 0 Å². The minimum atomic E-state index is -0.926. The maximum atomic E-state index is 12.1. The standard InChI is InChI=1S/C24H20N4O2S/c1-14-20(15-7-3-2-4-8-15)21-22(26-13-27-23(21)31-14)28-19(24(29)30)11-16-12-25-18-10-6-5-9-17(16)18/h2-10,12-13,19,25H,11H2,1H3,(H,29,30)(H,26,27,28). The fraction of sp³-hybridized carbons (Fsp3) is 0.125. The van der Waals surface area contributed by atoms with Crippen molar-refractivity contribution in [3.05, 3.63) is 77.6 Å². The number of anilines is 1. The molecule has 0 aliphatic heterocycles. The van der Waals surface area contributed by atoms with Crippen LogP contribution in [0.25, 0.3) is 32.2 Å². The summed E-state index contributed by atoms with van der Waals surface area (Å²) in [6, 6.07) is 17.1. The van der Waals surface area contributed by atoms with Gasteiger partial charge in [-0.1, -0.05) is 48.5 Å². The van der Waals surface area contributed by atoms with Gasteiger partial charge in [-0.15, -0.1) is 11.3 Å².